The third-order valence-electron chi connectivity index (χ3n) is 3.03. The largest absolute Gasteiger partial charge is 0.495 e. The zero-order chi connectivity index (χ0) is 17.8. The van der Waals surface area contributed by atoms with Crippen LogP contribution in [0.5, 0.6) is 5.75 Å². The second-order valence-electron chi connectivity index (χ2n) is 4.74. The number of nitrogens with one attached hydrogen (secondary N) is 2. The zero-order valence-corrected chi connectivity index (χ0v) is 13.6. The molecule has 0 atom stereocenters. The van der Waals surface area contributed by atoms with Gasteiger partial charge in [-0.25, -0.2) is 13.1 Å². The highest BCUT2D eigenvalue weighted by Gasteiger charge is 2.38. The lowest BCUT2D eigenvalue weighted by molar-refractivity contribution is -0.173. The lowest BCUT2D eigenvalue weighted by Gasteiger charge is -2.13. The summed E-state index contributed by atoms with van der Waals surface area (Å²) in [5.74, 6) is -2.00. The number of methoxy groups -OCH3 is 1. The van der Waals surface area contributed by atoms with Gasteiger partial charge in [0.05, 0.1) is 7.11 Å². The molecule has 0 aliphatic rings. The van der Waals surface area contributed by atoms with Gasteiger partial charge in [-0.05, 0) is 37.1 Å². The maximum Gasteiger partial charge on any atom is 0.471 e. The lowest BCUT2D eigenvalue weighted by atomic mass is 10.1. The van der Waals surface area contributed by atoms with E-state index < -0.39 is 28.7 Å². The fourth-order valence-corrected chi connectivity index (χ4v) is 2.94. The average molecular weight is 354 g/mol. The fourth-order valence-electron chi connectivity index (χ4n) is 1.67. The third-order valence-corrected chi connectivity index (χ3v) is 4.51. The summed E-state index contributed by atoms with van der Waals surface area (Å²) in [5, 5.41) is 1.57. The van der Waals surface area contributed by atoms with E-state index in [9.17, 15) is 26.4 Å². The molecule has 23 heavy (non-hydrogen) atoms. The molecule has 0 aliphatic carbocycles. The molecule has 0 heterocycles. The molecule has 1 aromatic carbocycles. The number of amides is 1. The van der Waals surface area contributed by atoms with Gasteiger partial charge in [0.25, 0.3) is 0 Å². The molecule has 10 heteroatoms. The van der Waals surface area contributed by atoms with Crippen LogP contribution >= 0.6 is 0 Å². The Labute approximate surface area is 132 Å². The van der Waals surface area contributed by atoms with E-state index >= 15 is 0 Å². The molecule has 0 fully saturated rings. The Kier molecular flexibility index (Phi) is 6.00. The Morgan fingerprint density at radius 2 is 1.74 bits per heavy atom. The maximum atomic E-state index is 12.2. The summed E-state index contributed by atoms with van der Waals surface area (Å²) in [6, 6.07) is 2.96. The molecule has 1 rings (SSSR count). The van der Waals surface area contributed by atoms with Crippen LogP contribution in [0.4, 0.5) is 13.2 Å². The van der Waals surface area contributed by atoms with Crippen molar-refractivity contribution >= 4 is 15.9 Å². The maximum absolute atomic E-state index is 12.2. The van der Waals surface area contributed by atoms with E-state index in [1.54, 1.807) is 25.2 Å². The number of hydrogen-bond donors (Lipinski definition) is 2. The van der Waals surface area contributed by atoms with Crippen molar-refractivity contribution in [2.75, 3.05) is 20.2 Å². The van der Waals surface area contributed by atoms with Crippen LogP contribution in [0.15, 0.2) is 17.0 Å². The summed E-state index contributed by atoms with van der Waals surface area (Å²) in [6.45, 7) is 2.62. The van der Waals surface area contributed by atoms with Crippen LogP contribution in [0.25, 0.3) is 0 Å². The molecule has 0 saturated carbocycles. The van der Waals surface area contributed by atoms with E-state index in [1.807, 2.05) is 0 Å². The van der Waals surface area contributed by atoms with E-state index in [0.717, 1.165) is 11.1 Å². The van der Waals surface area contributed by atoms with Crippen LogP contribution < -0.4 is 14.8 Å². The topological polar surface area (TPSA) is 84.5 Å². The van der Waals surface area contributed by atoms with Crippen molar-refractivity contribution < 1.29 is 31.1 Å². The lowest BCUT2D eigenvalue weighted by Crippen LogP contribution is -2.41. The second kappa shape index (κ2) is 7.18. The number of carbonyl (C=O) groups is 1. The molecule has 0 aromatic heterocycles. The molecule has 1 aromatic rings. The van der Waals surface area contributed by atoms with Gasteiger partial charge in [-0.2, -0.15) is 13.2 Å². The van der Waals surface area contributed by atoms with Crippen LogP contribution in [0.2, 0.25) is 0 Å². The van der Waals surface area contributed by atoms with Crippen molar-refractivity contribution in [2.24, 2.45) is 0 Å². The molecule has 0 bridgehead atoms. The van der Waals surface area contributed by atoms with E-state index in [0.29, 0.717) is 0 Å². The summed E-state index contributed by atoms with van der Waals surface area (Å²) in [6.07, 6.45) is -5.00. The third kappa shape index (κ3) is 5.10. The molecular formula is C13H17F3N2O4S. The first-order valence-corrected chi connectivity index (χ1v) is 7.97. The minimum Gasteiger partial charge on any atom is -0.495 e. The summed E-state index contributed by atoms with van der Waals surface area (Å²) in [4.78, 5) is 10.5. The minimum absolute atomic E-state index is 0.120. The van der Waals surface area contributed by atoms with Crippen molar-refractivity contribution in [1.29, 1.82) is 0 Å². The normalized spacial score (nSPS) is 12.1. The van der Waals surface area contributed by atoms with E-state index in [2.05, 4.69) is 4.72 Å². The van der Waals surface area contributed by atoms with Gasteiger partial charge in [-0.1, -0.05) is 0 Å². The smallest absolute Gasteiger partial charge is 0.471 e. The van der Waals surface area contributed by atoms with E-state index in [4.69, 9.17) is 4.74 Å². The van der Waals surface area contributed by atoms with E-state index in [-0.39, 0.29) is 17.2 Å². The molecule has 0 aliphatic heterocycles. The first-order valence-electron chi connectivity index (χ1n) is 6.49. The molecule has 0 saturated heterocycles. The predicted molar refractivity (Wildman–Crippen MR) is 76.7 cm³/mol. The number of carbonyl (C=O) groups excluding carboxylic acids is 1. The summed E-state index contributed by atoms with van der Waals surface area (Å²) in [5.41, 5.74) is 1.55. The standard InChI is InChI=1S/C13H17F3N2O4S/c1-8-6-10(22-3)11(7-9(8)2)23(20,21)18-5-4-17-12(19)13(14,15)16/h6-7,18H,4-5H2,1-3H3,(H,17,19). The quantitative estimate of drug-likeness (QED) is 0.754. The number of sulfonamides is 1. The Morgan fingerprint density at radius 3 is 2.26 bits per heavy atom. The molecule has 1 amide bonds. The SMILES string of the molecule is COc1cc(C)c(C)cc1S(=O)(=O)NCCNC(=O)C(F)(F)F. The van der Waals surface area contributed by atoms with Crippen LogP contribution in [0.1, 0.15) is 11.1 Å². The van der Waals surface area contributed by atoms with Crippen molar-refractivity contribution in [2.45, 2.75) is 24.9 Å². The molecule has 0 unspecified atom stereocenters. The molecule has 0 radical (unpaired) electrons. The zero-order valence-electron chi connectivity index (χ0n) is 12.7. The minimum atomic E-state index is -5.00. The molecular weight excluding hydrogens is 337 g/mol. The second-order valence-corrected chi connectivity index (χ2v) is 6.47. The number of aryl methyl sites for hydroxylation is 2. The predicted octanol–water partition coefficient (Wildman–Crippen LogP) is 1.27. The number of ether oxygens (including phenoxy) is 1. The highest BCUT2D eigenvalue weighted by atomic mass is 32.2. The summed E-state index contributed by atoms with van der Waals surface area (Å²) in [7, 11) is -2.67. The van der Waals surface area contributed by atoms with Crippen molar-refractivity contribution in [1.82, 2.24) is 10.0 Å². The first kappa shape index (κ1) is 19.2. The van der Waals surface area contributed by atoms with Crippen molar-refractivity contribution in [3.63, 3.8) is 0 Å². The van der Waals surface area contributed by atoms with Crippen LogP contribution in [0.3, 0.4) is 0 Å². The Bertz CT molecular complexity index is 687. The van der Waals surface area contributed by atoms with Gasteiger partial charge in [-0.15, -0.1) is 0 Å². The highest BCUT2D eigenvalue weighted by molar-refractivity contribution is 7.89. The summed E-state index contributed by atoms with van der Waals surface area (Å²) < 4.78 is 67.5. The van der Waals surface area contributed by atoms with E-state index in [1.165, 1.54) is 13.2 Å². The molecule has 6 nitrogen and oxygen atoms in total. The number of alkyl halides is 3. The number of benzene rings is 1. The average Bonchev–Trinajstić information content (AvgIpc) is 2.44. The van der Waals surface area contributed by atoms with Gasteiger partial charge in [0.1, 0.15) is 10.6 Å². The fraction of sp³-hybridized carbons (Fsp3) is 0.462. The van der Waals surface area contributed by atoms with Gasteiger partial charge in [-0.3, -0.25) is 4.79 Å². The van der Waals surface area contributed by atoms with Crippen LogP contribution in [-0.4, -0.2) is 40.7 Å². The van der Waals surface area contributed by atoms with Crippen LogP contribution in [0, 0.1) is 13.8 Å². The van der Waals surface area contributed by atoms with Gasteiger partial charge in [0.2, 0.25) is 10.0 Å². The van der Waals surface area contributed by atoms with Gasteiger partial charge in [0, 0.05) is 13.1 Å². The number of halogens is 3. The first-order chi connectivity index (χ1) is 10.5. The monoisotopic (exact) mass is 354 g/mol. The highest BCUT2D eigenvalue weighted by Crippen LogP contribution is 2.27. The Morgan fingerprint density at radius 1 is 1.17 bits per heavy atom. The molecule has 2 N–H and O–H groups in total. The van der Waals surface area contributed by atoms with Crippen molar-refractivity contribution in [3.8, 4) is 5.75 Å². The number of rotatable bonds is 6. The number of hydrogen-bond acceptors (Lipinski definition) is 4. The Balaban J connectivity index is 2.78. The molecule has 0 spiro atoms. The van der Waals surface area contributed by atoms with Crippen molar-refractivity contribution in [3.05, 3.63) is 23.3 Å². The van der Waals surface area contributed by atoms with Gasteiger partial charge in [0.15, 0.2) is 0 Å². The molecule has 130 valence electrons. The van der Waals surface area contributed by atoms with Gasteiger partial charge >= 0.3 is 12.1 Å². The summed E-state index contributed by atoms with van der Waals surface area (Å²) >= 11 is 0. The van der Waals surface area contributed by atoms with Gasteiger partial charge < -0.3 is 10.1 Å². The Hall–Kier alpha value is -1.81. The van der Waals surface area contributed by atoms with Crippen LogP contribution in [-0.2, 0) is 14.8 Å².